The molecule has 0 spiro atoms. The molecule has 0 radical (unpaired) electrons. The summed E-state index contributed by atoms with van der Waals surface area (Å²) in [5, 5.41) is 6.13. The van der Waals surface area contributed by atoms with E-state index >= 15 is 0 Å². The minimum absolute atomic E-state index is 0.0441. The van der Waals surface area contributed by atoms with Gasteiger partial charge >= 0.3 is 6.03 Å². The maximum Gasteiger partial charge on any atom is 0.315 e. The van der Waals surface area contributed by atoms with Crippen molar-refractivity contribution in [2.24, 2.45) is 0 Å². The van der Waals surface area contributed by atoms with Gasteiger partial charge in [-0.3, -0.25) is 0 Å². The monoisotopic (exact) mass is 228 g/mol. The van der Waals surface area contributed by atoms with E-state index in [1.165, 1.54) is 0 Å². The molecule has 3 heteroatoms. The molecule has 2 N–H and O–H groups in total. The van der Waals surface area contributed by atoms with Gasteiger partial charge in [-0.25, -0.2) is 4.79 Å². The largest absolute Gasteiger partial charge is 0.333 e. The molecular formula is C13H28N2O. The summed E-state index contributed by atoms with van der Waals surface area (Å²) in [6, 6.07) is -0.0441. The van der Waals surface area contributed by atoms with Gasteiger partial charge in [0.25, 0.3) is 0 Å². The van der Waals surface area contributed by atoms with Crippen LogP contribution in [0.3, 0.4) is 0 Å². The Kier molecular flexibility index (Phi) is 5.84. The Labute approximate surface area is 100 Å². The fourth-order valence-electron chi connectivity index (χ4n) is 1.43. The molecule has 0 aromatic carbocycles. The Morgan fingerprint density at radius 3 is 1.25 bits per heavy atom. The van der Waals surface area contributed by atoms with Crippen molar-refractivity contribution in [1.29, 1.82) is 0 Å². The molecule has 0 aliphatic carbocycles. The fraction of sp³-hybridized carbons (Fsp3) is 0.923. The minimum atomic E-state index is -0.0908. The molecule has 2 amide bonds. The van der Waals surface area contributed by atoms with Crippen LogP contribution in [0.2, 0.25) is 0 Å². The third-order valence-corrected chi connectivity index (χ3v) is 3.95. The molecule has 0 aliphatic rings. The first-order valence-electron chi connectivity index (χ1n) is 6.45. The molecule has 0 aromatic rings. The molecule has 3 nitrogen and oxygen atoms in total. The highest BCUT2D eigenvalue weighted by Gasteiger charge is 2.26. The normalized spacial score (nSPS) is 12.4. The van der Waals surface area contributed by atoms with Gasteiger partial charge in [0.05, 0.1) is 0 Å². The van der Waals surface area contributed by atoms with Crippen LogP contribution in [0.1, 0.15) is 67.2 Å². The smallest absolute Gasteiger partial charge is 0.315 e. The number of urea groups is 1. The molecule has 0 saturated carbocycles. The van der Waals surface area contributed by atoms with Gasteiger partial charge in [0, 0.05) is 11.1 Å². The van der Waals surface area contributed by atoms with Gasteiger partial charge in [-0.2, -0.15) is 0 Å². The number of carbonyl (C=O) groups excluding carboxylic acids is 1. The Balaban J connectivity index is 4.38. The standard InChI is InChI=1S/C13H28N2O/c1-7-12(5,8-2)14-11(16)15-13(6,9-3)10-4/h7-10H2,1-6H3,(H2,14,15,16). The maximum atomic E-state index is 11.9. The molecular weight excluding hydrogens is 200 g/mol. The Morgan fingerprint density at radius 2 is 1.06 bits per heavy atom. The van der Waals surface area contributed by atoms with E-state index in [1.807, 2.05) is 0 Å². The number of rotatable bonds is 6. The summed E-state index contributed by atoms with van der Waals surface area (Å²) in [4.78, 5) is 11.9. The summed E-state index contributed by atoms with van der Waals surface area (Å²) in [6.07, 6.45) is 3.80. The van der Waals surface area contributed by atoms with Crippen LogP contribution in [0.4, 0.5) is 4.79 Å². The fourth-order valence-corrected chi connectivity index (χ4v) is 1.43. The van der Waals surface area contributed by atoms with Gasteiger partial charge in [-0.1, -0.05) is 27.7 Å². The second kappa shape index (κ2) is 6.12. The molecule has 96 valence electrons. The zero-order valence-electron chi connectivity index (χ0n) is 11.7. The minimum Gasteiger partial charge on any atom is -0.333 e. The van der Waals surface area contributed by atoms with Crippen LogP contribution in [0.25, 0.3) is 0 Å². The molecule has 0 fully saturated rings. The summed E-state index contributed by atoms with van der Waals surface area (Å²) < 4.78 is 0. The van der Waals surface area contributed by atoms with E-state index in [0.29, 0.717) is 0 Å². The number of nitrogens with one attached hydrogen (secondary N) is 2. The summed E-state index contributed by atoms with van der Waals surface area (Å²) in [7, 11) is 0. The van der Waals surface area contributed by atoms with Crippen LogP contribution in [0, 0.1) is 0 Å². The van der Waals surface area contributed by atoms with E-state index in [-0.39, 0.29) is 17.1 Å². The van der Waals surface area contributed by atoms with E-state index < -0.39 is 0 Å². The zero-order chi connectivity index (χ0) is 12.8. The summed E-state index contributed by atoms with van der Waals surface area (Å²) in [5.41, 5.74) is -0.182. The first kappa shape index (κ1) is 15.3. The van der Waals surface area contributed by atoms with Gasteiger partial charge < -0.3 is 10.6 Å². The second-order valence-electron chi connectivity index (χ2n) is 5.11. The van der Waals surface area contributed by atoms with Crippen molar-refractivity contribution in [3.05, 3.63) is 0 Å². The average Bonchev–Trinajstić information content (AvgIpc) is 2.28. The molecule has 0 aromatic heterocycles. The number of amides is 2. The van der Waals surface area contributed by atoms with E-state index in [4.69, 9.17) is 0 Å². The van der Waals surface area contributed by atoms with Gasteiger partial charge in [-0.15, -0.1) is 0 Å². The van der Waals surface area contributed by atoms with Crippen molar-refractivity contribution in [3.63, 3.8) is 0 Å². The predicted octanol–water partition coefficient (Wildman–Crippen LogP) is 3.44. The molecule has 0 aliphatic heterocycles. The Morgan fingerprint density at radius 1 is 0.812 bits per heavy atom. The quantitative estimate of drug-likeness (QED) is 0.718. The highest BCUT2D eigenvalue weighted by molar-refractivity contribution is 5.75. The Bertz CT molecular complexity index is 196. The number of carbonyl (C=O) groups is 1. The van der Waals surface area contributed by atoms with Crippen LogP contribution in [0.15, 0.2) is 0 Å². The lowest BCUT2D eigenvalue weighted by Crippen LogP contribution is -2.55. The number of hydrogen-bond donors (Lipinski definition) is 2. The average molecular weight is 228 g/mol. The van der Waals surface area contributed by atoms with E-state index in [1.54, 1.807) is 0 Å². The first-order chi connectivity index (χ1) is 7.34. The SMILES string of the molecule is CCC(C)(CC)NC(=O)NC(C)(CC)CC. The predicted molar refractivity (Wildman–Crippen MR) is 69.6 cm³/mol. The molecule has 0 heterocycles. The van der Waals surface area contributed by atoms with Crippen LogP contribution in [-0.4, -0.2) is 17.1 Å². The van der Waals surface area contributed by atoms with Crippen LogP contribution < -0.4 is 10.6 Å². The summed E-state index contributed by atoms with van der Waals surface area (Å²) in [5.74, 6) is 0. The van der Waals surface area contributed by atoms with Gasteiger partial charge in [-0.05, 0) is 39.5 Å². The first-order valence-corrected chi connectivity index (χ1v) is 6.45. The van der Waals surface area contributed by atoms with Crippen molar-refractivity contribution < 1.29 is 4.79 Å². The molecule has 0 atom stereocenters. The van der Waals surface area contributed by atoms with Crippen molar-refractivity contribution in [2.45, 2.75) is 78.3 Å². The van der Waals surface area contributed by atoms with Gasteiger partial charge in [0.2, 0.25) is 0 Å². The second-order valence-corrected chi connectivity index (χ2v) is 5.11. The van der Waals surface area contributed by atoms with Crippen molar-refractivity contribution in [3.8, 4) is 0 Å². The van der Waals surface area contributed by atoms with Gasteiger partial charge in [0.1, 0.15) is 0 Å². The Hall–Kier alpha value is -0.730. The highest BCUT2D eigenvalue weighted by Crippen LogP contribution is 2.16. The van der Waals surface area contributed by atoms with Crippen LogP contribution in [0.5, 0.6) is 0 Å². The lowest BCUT2D eigenvalue weighted by Gasteiger charge is -2.33. The molecule has 0 bridgehead atoms. The maximum absolute atomic E-state index is 11.9. The molecule has 16 heavy (non-hydrogen) atoms. The van der Waals surface area contributed by atoms with Crippen LogP contribution >= 0.6 is 0 Å². The van der Waals surface area contributed by atoms with E-state index in [0.717, 1.165) is 25.7 Å². The number of hydrogen-bond acceptors (Lipinski definition) is 1. The van der Waals surface area contributed by atoms with Crippen molar-refractivity contribution in [1.82, 2.24) is 10.6 Å². The molecule has 0 unspecified atom stereocenters. The van der Waals surface area contributed by atoms with Gasteiger partial charge in [0.15, 0.2) is 0 Å². The lowest BCUT2D eigenvalue weighted by atomic mass is 9.94. The van der Waals surface area contributed by atoms with Crippen LogP contribution in [-0.2, 0) is 0 Å². The van der Waals surface area contributed by atoms with E-state index in [2.05, 4.69) is 52.2 Å². The third kappa shape index (κ3) is 4.42. The van der Waals surface area contributed by atoms with Crippen molar-refractivity contribution >= 4 is 6.03 Å². The highest BCUT2D eigenvalue weighted by atomic mass is 16.2. The molecule has 0 saturated heterocycles. The third-order valence-electron chi connectivity index (χ3n) is 3.95. The lowest BCUT2D eigenvalue weighted by molar-refractivity contribution is 0.209. The summed E-state index contributed by atoms with van der Waals surface area (Å²) >= 11 is 0. The summed E-state index contributed by atoms with van der Waals surface area (Å²) in [6.45, 7) is 12.6. The van der Waals surface area contributed by atoms with E-state index in [9.17, 15) is 4.79 Å². The zero-order valence-corrected chi connectivity index (χ0v) is 11.7. The molecule has 0 rings (SSSR count). The topological polar surface area (TPSA) is 41.1 Å². The van der Waals surface area contributed by atoms with Crippen molar-refractivity contribution in [2.75, 3.05) is 0 Å².